The van der Waals surface area contributed by atoms with Crippen molar-refractivity contribution in [2.75, 3.05) is 5.32 Å². The molecule has 2 aromatic heterocycles. The van der Waals surface area contributed by atoms with Crippen molar-refractivity contribution in [3.05, 3.63) is 70.5 Å². The van der Waals surface area contributed by atoms with Crippen LogP contribution in [0.4, 0.5) is 5.13 Å². The number of nitrogens with one attached hydrogen (secondary N) is 1. The number of aromatic nitrogens is 3. The zero-order valence-corrected chi connectivity index (χ0v) is 16.1. The number of halogens is 2. The van der Waals surface area contributed by atoms with Gasteiger partial charge in [0.15, 0.2) is 17.6 Å². The van der Waals surface area contributed by atoms with Crippen LogP contribution in [-0.2, 0) is 6.73 Å². The minimum atomic E-state index is -0.336. The number of fused-ring (bicyclic) bond motifs is 1. The molecule has 2 aromatic carbocycles. The topological polar surface area (TPSA) is 69.0 Å². The number of rotatable bonds is 5. The summed E-state index contributed by atoms with van der Waals surface area (Å²) in [5, 5.41) is 8.44. The molecule has 0 bridgehead atoms. The van der Waals surface area contributed by atoms with Crippen molar-refractivity contribution in [2.45, 2.75) is 6.73 Å². The second-order valence-corrected chi connectivity index (χ2v) is 7.40. The highest BCUT2D eigenvalue weighted by molar-refractivity contribution is 7.22. The molecule has 136 valence electrons. The number of carbonyl (C=O) groups is 1. The van der Waals surface area contributed by atoms with Crippen LogP contribution in [0.25, 0.3) is 10.2 Å². The van der Waals surface area contributed by atoms with Gasteiger partial charge < -0.3 is 4.74 Å². The predicted octanol–water partition coefficient (Wildman–Crippen LogP) is 5.09. The lowest BCUT2D eigenvalue weighted by Crippen LogP contribution is -2.14. The summed E-state index contributed by atoms with van der Waals surface area (Å²) >= 11 is 13.3. The minimum absolute atomic E-state index is 0.107. The molecular formula is C18H12Cl2N4O2S. The third kappa shape index (κ3) is 4.05. The molecule has 0 saturated carbocycles. The first kappa shape index (κ1) is 17.8. The molecule has 0 radical (unpaired) electrons. The van der Waals surface area contributed by atoms with Crippen LogP contribution in [0.5, 0.6) is 5.75 Å². The number of hydrogen-bond donors (Lipinski definition) is 1. The van der Waals surface area contributed by atoms with Gasteiger partial charge in [-0.15, -0.1) is 0 Å². The summed E-state index contributed by atoms with van der Waals surface area (Å²) in [4.78, 5) is 16.8. The molecular weight excluding hydrogens is 407 g/mol. The van der Waals surface area contributed by atoms with Crippen LogP contribution in [0.3, 0.4) is 0 Å². The van der Waals surface area contributed by atoms with Gasteiger partial charge in [-0.05, 0) is 36.4 Å². The van der Waals surface area contributed by atoms with Gasteiger partial charge >= 0.3 is 0 Å². The first-order valence-electron chi connectivity index (χ1n) is 7.87. The highest BCUT2D eigenvalue weighted by Crippen LogP contribution is 2.28. The Morgan fingerprint density at radius 3 is 2.85 bits per heavy atom. The molecule has 0 unspecified atom stereocenters. The third-order valence-electron chi connectivity index (χ3n) is 3.63. The lowest BCUT2D eigenvalue weighted by atomic mass is 10.3. The quantitative estimate of drug-likeness (QED) is 0.489. The average molecular weight is 419 g/mol. The van der Waals surface area contributed by atoms with Crippen molar-refractivity contribution in [3.8, 4) is 5.75 Å². The SMILES string of the molecule is O=C(Nc1nc2ccccc2s1)c1ccn(COc2ccc(Cl)cc2Cl)n1. The maximum Gasteiger partial charge on any atom is 0.277 e. The predicted molar refractivity (Wildman–Crippen MR) is 107 cm³/mol. The van der Waals surface area contributed by atoms with Crippen molar-refractivity contribution in [2.24, 2.45) is 0 Å². The normalized spacial score (nSPS) is 10.9. The third-order valence-corrected chi connectivity index (χ3v) is 5.12. The van der Waals surface area contributed by atoms with E-state index in [-0.39, 0.29) is 18.3 Å². The molecule has 9 heteroatoms. The van der Waals surface area contributed by atoms with E-state index in [1.54, 1.807) is 30.5 Å². The van der Waals surface area contributed by atoms with Crippen LogP contribution in [0.1, 0.15) is 10.5 Å². The Morgan fingerprint density at radius 1 is 1.19 bits per heavy atom. The van der Waals surface area contributed by atoms with E-state index in [9.17, 15) is 4.79 Å². The Balaban J connectivity index is 1.41. The van der Waals surface area contributed by atoms with Gasteiger partial charge in [0.25, 0.3) is 5.91 Å². The maximum absolute atomic E-state index is 12.4. The summed E-state index contributed by atoms with van der Waals surface area (Å²) in [7, 11) is 0. The zero-order valence-electron chi connectivity index (χ0n) is 13.7. The number of anilines is 1. The Kier molecular flexibility index (Phi) is 4.98. The Hall–Kier alpha value is -2.61. The van der Waals surface area contributed by atoms with Crippen LogP contribution < -0.4 is 10.1 Å². The van der Waals surface area contributed by atoms with Crippen molar-refractivity contribution in [1.29, 1.82) is 0 Å². The molecule has 0 atom stereocenters. The van der Waals surface area contributed by atoms with Crippen LogP contribution in [0, 0.1) is 0 Å². The minimum Gasteiger partial charge on any atom is -0.470 e. The van der Waals surface area contributed by atoms with Crippen LogP contribution in [0.2, 0.25) is 10.0 Å². The van der Waals surface area contributed by atoms with Crippen molar-refractivity contribution < 1.29 is 9.53 Å². The molecule has 0 aliphatic heterocycles. The molecule has 4 aromatic rings. The van der Waals surface area contributed by atoms with Gasteiger partial charge in [0.2, 0.25) is 0 Å². The highest BCUT2D eigenvalue weighted by atomic mass is 35.5. The molecule has 0 saturated heterocycles. The summed E-state index contributed by atoms with van der Waals surface area (Å²) in [5.41, 5.74) is 1.11. The zero-order chi connectivity index (χ0) is 18.8. The van der Waals surface area contributed by atoms with Crippen LogP contribution in [0.15, 0.2) is 54.7 Å². The number of thiazole rings is 1. The Bertz CT molecular complexity index is 1090. The van der Waals surface area contributed by atoms with E-state index in [1.807, 2.05) is 24.3 Å². The molecule has 1 N–H and O–H groups in total. The molecule has 0 spiro atoms. The lowest BCUT2D eigenvalue weighted by Gasteiger charge is -2.08. The van der Waals surface area contributed by atoms with E-state index in [4.69, 9.17) is 27.9 Å². The van der Waals surface area contributed by atoms with Crippen LogP contribution in [-0.4, -0.2) is 20.7 Å². The maximum atomic E-state index is 12.4. The number of nitrogens with zero attached hydrogens (tertiary/aromatic N) is 3. The van der Waals surface area contributed by atoms with E-state index in [0.29, 0.717) is 20.9 Å². The monoisotopic (exact) mass is 418 g/mol. The van der Waals surface area contributed by atoms with Gasteiger partial charge in [-0.1, -0.05) is 46.7 Å². The largest absolute Gasteiger partial charge is 0.470 e. The van der Waals surface area contributed by atoms with Gasteiger partial charge in [-0.2, -0.15) is 5.10 Å². The van der Waals surface area contributed by atoms with Gasteiger partial charge in [0.1, 0.15) is 5.75 Å². The summed E-state index contributed by atoms with van der Waals surface area (Å²) in [6, 6.07) is 14.3. The summed E-state index contributed by atoms with van der Waals surface area (Å²) in [5.74, 6) is 0.148. The number of hydrogen-bond acceptors (Lipinski definition) is 5. The molecule has 2 heterocycles. The number of carbonyl (C=O) groups excluding carboxylic acids is 1. The fourth-order valence-electron chi connectivity index (χ4n) is 2.37. The van der Waals surface area contributed by atoms with E-state index in [1.165, 1.54) is 16.0 Å². The average Bonchev–Trinajstić information content (AvgIpc) is 3.27. The molecule has 27 heavy (non-hydrogen) atoms. The lowest BCUT2D eigenvalue weighted by molar-refractivity contribution is 0.102. The molecule has 0 aliphatic carbocycles. The first-order chi connectivity index (χ1) is 13.1. The molecule has 0 fully saturated rings. The summed E-state index contributed by atoms with van der Waals surface area (Å²) in [6.07, 6.45) is 1.65. The summed E-state index contributed by atoms with van der Waals surface area (Å²) in [6.45, 7) is 0.107. The second-order valence-electron chi connectivity index (χ2n) is 5.53. The number of ether oxygens (including phenoxy) is 1. The van der Waals surface area contributed by atoms with Crippen molar-refractivity contribution in [1.82, 2.24) is 14.8 Å². The highest BCUT2D eigenvalue weighted by Gasteiger charge is 2.13. The van der Waals surface area contributed by atoms with Crippen LogP contribution >= 0.6 is 34.5 Å². The van der Waals surface area contributed by atoms with Crippen molar-refractivity contribution in [3.63, 3.8) is 0 Å². The Morgan fingerprint density at radius 2 is 2.04 bits per heavy atom. The first-order valence-corrected chi connectivity index (χ1v) is 9.44. The van der Waals surface area contributed by atoms with Gasteiger partial charge in [0.05, 0.1) is 15.2 Å². The molecule has 4 rings (SSSR count). The molecule has 0 aliphatic rings. The smallest absolute Gasteiger partial charge is 0.277 e. The molecule has 1 amide bonds. The van der Waals surface area contributed by atoms with E-state index < -0.39 is 0 Å². The standard InChI is InChI=1S/C18H12Cl2N4O2S/c19-11-5-6-15(12(20)9-11)26-10-24-8-7-14(23-24)17(25)22-18-21-13-3-1-2-4-16(13)27-18/h1-9H,10H2,(H,21,22,25). The van der Waals surface area contributed by atoms with Gasteiger partial charge in [0, 0.05) is 11.2 Å². The fourth-order valence-corrected chi connectivity index (χ4v) is 3.69. The number of para-hydroxylation sites is 1. The van der Waals surface area contributed by atoms with Gasteiger partial charge in [-0.3, -0.25) is 10.1 Å². The number of benzene rings is 2. The molecule has 6 nitrogen and oxygen atoms in total. The van der Waals surface area contributed by atoms with E-state index in [2.05, 4.69) is 15.4 Å². The fraction of sp³-hybridized carbons (Fsp3) is 0.0556. The Labute approximate surface area is 168 Å². The number of amides is 1. The van der Waals surface area contributed by atoms with Gasteiger partial charge in [-0.25, -0.2) is 9.67 Å². The second kappa shape index (κ2) is 7.56. The van der Waals surface area contributed by atoms with E-state index in [0.717, 1.165) is 10.2 Å². The van der Waals surface area contributed by atoms with Crippen molar-refractivity contribution >= 4 is 55.8 Å². The summed E-state index contributed by atoms with van der Waals surface area (Å²) < 4.78 is 8.10. The van der Waals surface area contributed by atoms with E-state index >= 15 is 0 Å².